The molecule has 1 saturated carbocycles. The van der Waals surface area contributed by atoms with Gasteiger partial charge in [-0.05, 0) is 71.9 Å². The summed E-state index contributed by atoms with van der Waals surface area (Å²) in [7, 11) is 0. The van der Waals surface area contributed by atoms with Crippen molar-refractivity contribution >= 4 is 21.8 Å². The molecule has 144 valence electrons. The molecule has 0 aromatic carbocycles. The van der Waals surface area contributed by atoms with Crippen LogP contribution < -0.4 is 10.9 Å². The van der Waals surface area contributed by atoms with Crippen molar-refractivity contribution in [1.29, 1.82) is 0 Å². The van der Waals surface area contributed by atoms with Crippen LogP contribution in [-0.2, 0) is 0 Å². The van der Waals surface area contributed by atoms with Gasteiger partial charge in [0.2, 0.25) is 0 Å². The first kappa shape index (κ1) is 18.6. The van der Waals surface area contributed by atoms with Gasteiger partial charge in [0.25, 0.3) is 11.5 Å². The van der Waals surface area contributed by atoms with Crippen molar-refractivity contribution in [1.82, 2.24) is 20.1 Å². The van der Waals surface area contributed by atoms with Crippen LogP contribution >= 0.6 is 15.9 Å². The standard InChI is InChI=1S/C20H19BrN4O3/c21-18-9-8-17(28-18)20(27)23-14-3-5-15(6-4-14)25-19(26)10-7-16(24-25)13-2-1-11-22-12-13/h1-2,7-12,14-15H,3-6H2,(H,23,27). The molecular weight excluding hydrogens is 424 g/mol. The minimum atomic E-state index is -0.219. The van der Waals surface area contributed by atoms with Gasteiger partial charge in [-0.3, -0.25) is 14.6 Å². The maximum absolute atomic E-state index is 12.3. The summed E-state index contributed by atoms with van der Waals surface area (Å²) >= 11 is 3.20. The number of hydrogen-bond acceptors (Lipinski definition) is 5. The number of aromatic nitrogens is 3. The number of nitrogens with one attached hydrogen (secondary N) is 1. The maximum atomic E-state index is 12.3. The Balaban J connectivity index is 1.42. The molecule has 0 atom stereocenters. The predicted octanol–water partition coefficient (Wildman–Crippen LogP) is 3.57. The van der Waals surface area contributed by atoms with Gasteiger partial charge in [-0.1, -0.05) is 0 Å². The molecule has 28 heavy (non-hydrogen) atoms. The summed E-state index contributed by atoms with van der Waals surface area (Å²) in [6.45, 7) is 0. The molecule has 0 spiro atoms. The van der Waals surface area contributed by atoms with E-state index in [0.29, 0.717) is 4.67 Å². The van der Waals surface area contributed by atoms with Gasteiger partial charge in [0, 0.05) is 30.1 Å². The molecule has 3 aromatic rings. The van der Waals surface area contributed by atoms with E-state index in [1.165, 1.54) is 0 Å². The Hall–Kier alpha value is -2.74. The highest BCUT2D eigenvalue weighted by atomic mass is 79.9. The topological polar surface area (TPSA) is 90.0 Å². The lowest BCUT2D eigenvalue weighted by atomic mass is 9.91. The van der Waals surface area contributed by atoms with Gasteiger partial charge in [-0.25, -0.2) is 4.68 Å². The lowest BCUT2D eigenvalue weighted by Gasteiger charge is -2.29. The number of nitrogens with zero attached hydrogens (tertiary/aromatic N) is 3. The van der Waals surface area contributed by atoms with Gasteiger partial charge < -0.3 is 9.73 Å². The summed E-state index contributed by atoms with van der Waals surface area (Å²) in [6, 6.07) is 10.5. The summed E-state index contributed by atoms with van der Waals surface area (Å²) < 4.78 is 7.39. The molecule has 8 heteroatoms. The molecule has 0 saturated heterocycles. The quantitative estimate of drug-likeness (QED) is 0.666. The molecule has 4 rings (SSSR count). The molecule has 1 N–H and O–H groups in total. The Morgan fingerprint density at radius 2 is 1.96 bits per heavy atom. The van der Waals surface area contributed by atoms with Crippen LogP contribution in [0.4, 0.5) is 0 Å². The van der Waals surface area contributed by atoms with Gasteiger partial charge in [-0.15, -0.1) is 0 Å². The minimum absolute atomic E-state index is 0.0232. The molecule has 7 nitrogen and oxygen atoms in total. The zero-order chi connectivity index (χ0) is 19.5. The van der Waals surface area contributed by atoms with E-state index in [9.17, 15) is 9.59 Å². The first-order valence-corrected chi connectivity index (χ1v) is 9.96. The van der Waals surface area contributed by atoms with E-state index in [2.05, 4.69) is 31.3 Å². The van der Waals surface area contributed by atoms with E-state index in [1.807, 2.05) is 12.1 Å². The summed E-state index contributed by atoms with van der Waals surface area (Å²) in [4.78, 5) is 28.7. The minimum Gasteiger partial charge on any atom is -0.444 e. The van der Waals surface area contributed by atoms with Crippen LogP contribution in [0.5, 0.6) is 0 Å². The van der Waals surface area contributed by atoms with Crippen molar-refractivity contribution in [3.63, 3.8) is 0 Å². The van der Waals surface area contributed by atoms with Crippen LogP contribution in [-0.4, -0.2) is 26.7 Å². The van der Waals surface area contributed by atoms with Crippen molar-refractivity contribution in [2.24, 2.45) is 0 Å². The fourth-order valence-electron chi connectivity index (χ4n) is 3.51. The van der Waals surface area contributed by atoms with Crippen molar-refractivity contribution in [3.05, 3.63) is 69.6 Å². The summed E-state index contributed by atoms with van der Waals surface area (Å²) in [5.74, 6) is 0.0686. The highest BCUT2D eigenvalue weighted by Crippen LogP contribution is 2.28. The van der Waals surface area contributed by atoms with Crippen molar-refractivity contribution in [2.45, 2.75) is 37.8 Å². The van der Waals surface area contributed by atoms with E-state index in [4.69, 9.17) is 4.42 Å². The number of rotatable bonds is 4. The molecule has 1 aliphatic rings. The predicted molar refractivity (Wildman–Crippen MR) is 107 cm³/mol. The molecular formula is C20H19BrN4O3. The first-order valence-electron chi connectivity index (χ1n) is 9.16. The Bertz CT molecular complexity index is 1020. The number of carbonyl (C=O) groups is 1. The smallest absolute Gasteiger partial charge is 0.287 e. The third-order valence-corrected chi connectivity index (χ3v) is 5.38. The Kier molecular flexibility index (Phi) is 5.38. The largest absolute Gasteiger partial charge is 0.444 e. The van der Waals surface area contributed by atoms with E-state index in [1.54, 1.807) is 41.3 Å². The zero-order valence-corrected chi connectivity index (χ0v) is 16.6. The number of halogens is 1. The normalized spacial score (nSPS) is 19.3. The third-order valence-electron chi connectivity index (χ3n) is 4.96. The van der Waals surface area contributed by atoms with E-state index in [-0.39, 0.29) is 29.3 Å². The monoisotopic (exact) mass is 442 g/mol. The maximum Gasteiger partial charge on any atom is 0.287 e. The second kappa shape index (κ2) is 8.10. The molecule has 0 bridgehead atoms. The zero-order valence-electron chi connectivity index (χ0n) is 15.0. The summed E-state index contributed by atoms with van der Waals surface area (Å²) in [5, 5.41) is 7.56. The average Bonchev–Trinajstić information content (AvgIpc) is 3.16. The second-order valence-corrected chi connectivity index (χ2v) is 7.61. The molecule has 0 unspecified atom stereocenters. The molecule has 3 aromatic heterocycles. The summed E-state index contributed by atoms with van der Waals surface area (Å²) in [5.41, 5.74) is 1.49. The number of hydrogen-bond donors (Lipinski definition) is 1. The number of carbonyl (C=O) groups excluding carboxylic acids is 1. The number of amides is 1. The Labute approximate surface area is 169 Å². The van der Waals surface area contributed by atoms with Gasteiger partial charge in [0.05, 0.1) is 11.7 Å². The fourth-order valence-corrected chi connectivity index (χ4v) is 3.82. The lowest BCUT2D eigenvalue weighted by Crippen LogP contribution is -2.39. The van der Waals surface area contributed by atoms with Crippen LogP contribution in [0.25, 0.3) is 11.3 Å². The van der Waals surface area contributed by atoms with Gasteiger partial charge in [0.15, 0.2) is 10.4 Å². The molecule has 0 aliphatic heterocycles. The lowest BCUT2D eigenvalue weighted by molar-refractivity contribution is 0.0892. The van der Waals surface area contributed by atoms with Crippen molar-refractivity contribution < 1.29 is 9.21 Å². The van der Waals surface area contributed by atoms with Crippen molar-refractivity contribution in [3.8, 4) is 11.3 Å². The van der Waals surface area contributed by atoms with Gasteiger partial charge >= 0.3 is 0 Å². The highest BCUT2D eigenvalue weighted by molar-refractivity contribution is 9.10. The van der Waals surface area contributed by atoms with E-state index < -0.39 is 0 Å². The van der Waals surface area contributed by atoms with Crippen LogP contribution in [0.2, 0.25) is 0 Å². The first-order chi connectivity index (χ1) is 13.6. The fraction of sp³-hybridized carbons (Fsp3) is 0.300. The van der Waals surface area contributed by atoms with Gasteiger partial charge in [-0.2, -0.15) is 5.10 Å². The molecule has 1 amide bonds. The SMILES string of the molecule is O=C(NC1CCC(n2nc(-c3cccnc3)ccc2=O)CC1)c1ccc(Br)o1. The molecule has 3 heterocycles. The van der Waals surface area contributed by atoms with Crippen LogP contribution in [0.3, 0.4) is 0 Å². The Morgan fingerprint density at radius 1 is 1.14 bits per heavy atom. The number of furan rings is 1. The third kappa shape index (κ3) is 4.06. The van der Waals surface area contributed by atoms with Crippen LogP contribution in [0.15, 0.2) is 62.7 Å². The van der Waals surface area contributed by atoms with Crippen LogP contribution in [0.1, 0.15) is 42.3 Å². The van der Waals surface area contributed by atoms with Gasteiger partial charge in [0.1, 0.15) is 0 Å². The van der Waals surface area contributed by atoms with Crippen LogP contribution in [0, 0.1) is 0 Å². The second-order valence-electron chi connectivity index (χ2n) is 6.83. The number of pyridine rings is 1. The Morgan fingerprint density at radius 3 is 2.64 bits per heavy atom. The highest BCUT2D eigenvalue weighted by Gasteiger charge is 2.26. The van der Waals surface area contributed by atoms with E-state index >= 15 is 0 Å². The molecule has 1 fully saturated rings. The van der Waals surface area contributed by atoms with E-state index in [0.717, 1.165) is 36.9 Å². The molecule has 0 radical (unpaired) electrons. The molecule has 1 aliphatic carbocycles. The van der Waals surface area contributed by atoms with Crippen molar-refractivity contribution in [2.75, 3.05) is 0 Å². The summed E-state index contributed by atoms with van der Waals surface area (Å²) in [6.07, 6.45) is 6.55. The average molecular weight is 443 g/mol.